The molecule has 0 saturated heterocycles. The van der Waals surface area contributed by atoms with Gasteiger partial charge in [-0.15, -0.1) is 0 Å². The second kappa shape index (κ2) is 5.52. The van der Waals surface area contributed by atoms with E-state index in [1.54, 1.807) is 0 Å². The molecule has 0 heterocycles. The van der Waals surface area contributed by atoms with Crippen LogP contribution in [0.15, 0.2) is 12.2 Å². The summed E-state index contributed by atoms with van der Waals surface area (Å²) in [6.07, 6.45) is 7.14. The van der Waals surface area contributed by atoms with Gasteiger partial charge in [0.25, 0.3) is 0 Å². The molecule has 60 valence electrons. The van der Waals surface area contributed by atoms with E-state index in [0.29, 0.717) is 5.92 Å². The van der Waals surface area contributed by atoms with Gasteiger partial charge in [0.15, 0.2) is 0 Å². The fraction of sp³-hybridized carbons (Fsp3) is 0.800. The summed E-state index contributed by atoms with van der Waals surface area (Å²) in [6, 6.07) is 0. The monoisotopic (exact) mass is 140 g/mol. The second-order valence-electron chi connectivity index (χ2n) is 3.64. The lowest BCUT2D eigenvalue weighted by atomic mass is 10.1. The van der Waals surface area contributed by atoms with E-state index in [-0.39, 0.29) is 0 Å². The molecule has 0 aromatic rings. The van der Waals surface area contributed by atoms with Gasteiger partial charge in [-0.3, -0.25) is 0 Å². The third-order valence-electron chi connectivity index (χ3n) is 1.43. The largest absolute Gasteiger partial charge is 0.0883 e. The van der Waals surface area contributed by atoms with Gasteiger partial charge in [0, 0.05) is 0 Å². The van der Waals surface area contributed by atoms with Crippen molar-refractivity contribution in [3.63, 3.8) is 0 Å². The first-order valence-electron chi connectivity index (χ1n) is 4.29. The smallest absolute Gasteiger partial charge is 0.0290 e. The number of hydrogen-bond acceptors (Lipinski definition) is 0. The van der Waals surface area contributed by atoms with Crippen molar-refractivity contribution in [2.24, 2.45) is 11.8 Å². The summed E-state index contributed by atoms with van der Waals surface area (Å²) in [4.78, 5) is 0. The SMILES string of the molecule is CC(C)/C=C/CCC(C)C. The Morgan fingerprint density at radius 1 is 1.10 bits per heavy atom. The van der Waals surface area contributed by atoms with Gasteiger partial charge in [0.05, 0.1) is 0 Å². The number of hydrogen-bond donors (Lipinski definition) is 0. The molecule has 0 N–H and O–H groups in total. The highest BCUT2D eigenvalue weighted by Gasteiger charge is 1.89. The first-order chi connectivity index (χ1) is 4.63. The molecule has 0 unspecified atom stereocenters. The van der Waals surface area contributed by atoms with Crippen LogP contribution in [0.1, 0.15) is 40.5 Å². The molecule has 0 radical (unpaired) electrons. The molecule has 0 aromatic heterocycles. The summed E-state index contributed by atoms with van der Waals surface area (Å²) < 4.78 is 0. The van der Waals surface area contributed by atoms with Crippen LogP contribution in [0.2, 0.25) is 0 Å². The molecule has 0 fully saturated rings. The minimum Gasteiger partial charge on any atom is -0.0883 e. The zero-order valence-electron chi connectivity index (χ0n) is 7.72. The van der Waals surface area contributed by atoms with Crippen molar-refractivity contribution in [3.05, 3.63) is 12.2 Å². The standard InChI is InChI=1S/C10H20/c1-9(2)7-5-6-8-10(3)4/h5,7,9-10H,6,8H2,1-4H3/b7-5+. The van der Waals surface area contributed by atoms with E-state index in [0.717, 1.165) is 5.92 Å². The Bertz CT molecular complexity index is 88.2. The van der Waals surface area contributed by atoms with Gasteiger partial charge < -0.3 is 0 Å². The summed E-state index contributed by atoms with van der Waals surface area (Å²) in [7, 11) is 0. The lowest BCUT2D eigenvalue weighted by Gasteiger charge is -1.99. The van der Waals surface area contributed by atoms with Crippen molar-refractivity contribution >= 4 is 0 Å². The minimum absolute atomic E-state index is 0.715. The summed E-state index contributed by atoms with van der Waals surface area (Å²) >= 11 is 0. The van der Waals surface area contributed by atoms with E-state index >= 15 is 0 Å². The van der Waals surface area contributed by atoms with Gasteiger partial charge >= 0.3 is 0 Å². The van der Waals surface area contributed by atoms with E-state index in [2.05, 4.69) is 39.8 Å². The van der Waals surface area contributed by atoms with Crippen molar-refractivity contribution in [1.29, 1.82) is 0 Å². The Morgan fingerprint density at radius 2 is 1.70 bits per heavy atom. The molecule has 0 saturated carbocycles. The van der Waals surface area contributed by atoms with Gasteiger partial charge in [0.1, 0.15) is 0 Å². The van der Waals surface area contributed by atoms with E-state index < -0.39 is 0 Å². The molecule has 0 nitrogen and oxygen atoms in total. The summed E-state index contributed by atoms with van der Waals surface area (Å²) in [5, 5.41) is 0. The highest BCUT2D eigenvalue weighted by Crippen LogP contribution is 2.05. The molecule has 0 atom stereocenters. The highest BCUT2D eigenvalue weighted by molar-refractivity contribution is 4.84. The van der Waals surface area contributed by atoms with Crippen molar-refractivity contribution in [2.75, 3.05) is 0 Å². The van der Waals surface area contributed by atoms with Gasteiger partial charge in [0.2, 0.25) is 0 Å². The van der Waals surface area contributed by atoms with Crippen LogP contribution in [0.3, 0.4) is 0 Å². The predicted octanol–water partition coefficient (Wildman–Crippen LogP) is 3.63. The topological polar surface area (TPSA) is 0 Å². The van der Waals surface area contributed by atoms with Crippen molar-refractivity contribution in [1.82, 2.24) is 0 Å². The van der Waals surface area contributed by atoms with Crippen LogP contribution in [0.5, 0.6) is 0 Å². The normalized spacial score (nSPS) is 12.2. The Labute approximate surface area is 65.3 Å². The summed E-state index contributed by atoms with van der Waals surface area (Å²) in [6.45, 7) is 8.96. The molecule has 0 heteroatoms. The van der Waals surface area contributed by atoms with Crippen LogP contribution in [-0.2, 0) is 0 Å². The number of rotatable bonds is 4. The Kier molecular flexibility index (Phi) is 5.38. The average molecular weight is 140 g/mol. The molecular weight excluding hydrogens is 120 g/mol. The van der Waals surface area contributed by atoms with Crippen molar-refractivity contribution in [3.8, 4) is 0 Å². The fourth-order valence-electron chi connectivity index (χ4n) is 0.798. The molecule has 10 heavy (non-hydrogen) atoms. The van der Waals surface area contributed by atoms with Gasteiger partial charge in [-0.1, -0.05) is 39.8 Å². The molecule has 0 rings (SSSR count). The first-order valence-corrected chi connectivity index (χ1v) is 4.29. The first kappa shape index (κ1) is 9.74. The molecule has 0 aliphatic carbocycles. The maximum Gasteiger partial charge on any atom is -0.0290 e. The van der Waals surface area contributed by atoms with Crippen LogP contribution in [0.4, 0.5) is 0 Å². The van der Waals surface area contributed by atoms with Gasteiger partial charge in [-0.2, -0.15) is 0 Å². The molecule has 0 aliphatic rings. The maximum absolute atomic E-state index is 2.30. The lowest BCUT2D eigenvalue weighted by Crippen LogP contribution is -1.84. The molecule has 0 bridgehead atoms. The summed E-state index contributed by atoms with van der Waals surface area (Å²) in [5.74, 6) is 1.56. The van der Waals surface area contributed by atoms with Gasteiger partial charge in [-0.05, 0) is 24.7 Å². The van der Waals surface area contributed by atoms with Crippen molar-refractivity contribution < 1.29 is 0 Å². The molecule has 0 aromatic carbocycles. The Morgan fingerprint density at radius 3 is 2.10 bits per heavy atom. The lowest BCUT2D eigenvalue weighted by molar-refractivity contribution is 0.593. The van der Waals surface area contributed by atoms with Crippen LogP contribution in [-0.4, -0.2) is 0 Å². The van der Waals surface area contributed by atoms with Crippen molar-refractivity contribution in [2.45, 2.75) is 40.5 Å². The third-order valence-corrected chi connectivity index (χ3v) is 1.43. The molecule has 0 spiro atoms. The van der Waals surface area contributed by atoms with E-state index in [4.69, 9.17) is 0 Å². The quantitative estimate of drug-likeness (QED) is 0.523. The van der Waals surface area contributed by atoms with E-state index in [1.165, 1.54) is 12.8 Å². The average Bonchev–Trinajstić information content (AvgIpc) is 1.79. The zero-order valence-corrected chi connectivity index (χ0v) is 7.72. The molecular formula is C10H20. The molecule has 0 amide bonds. The predicted molar refractivity (Wildman–Crippen MR) is 48.1 cm³/mol. The van der Waals surface area contributed by atoms with Crippen LogP contribution in [0.25, 0.3) is 0 Å². The molecule has 0 aliphatic heterocycles. The highest BCUT2D eigenvalue weighted by atomic mass is 14.0. The van der Waals surface area contributed by atoms with Gasteiger partial charge in [-0.25, -0.2) is 0 Å². The summed E-state index contributed by atoms with van der Waals surface area (Å²) in [5.41, 5.74) is 0. The van der Waals surface area contributed by atoms with Crippen LogP contribution < -0.4 is 0 Å². The zero-order chi connectivity index (χ0) is 7.98. The van der Waals surface area contributed by atoms with E-state index in [9.17, 15) is 0 Å². The Hall–Kier alpha value is -0.260. The minimum atomic E-state index is 0.715. The maximum atomic E-state index is 2.30. The van der Waals surface area contributed by atoms with Crippen LogP contribution >= 0.6 is 0 Å². The Balaban J connectivity index is 3.19. The number of allylic oxidation sites excluding steroid dienone is 2. The van der Waals surface area contributed by atoms with E-state index in [1.807, 2.05) is 0 Å². The second-order valence-corrected chi connectivity index (χ2v) is 3.64. The third kappa shape index (κ3) is 7.74. The van der Waals surface area contributed by atoms with Crippen LogP contribution in [0, 0.1) is 11.8 Å². The fourth-order valence-corrected chi connectivity index (χ4v) is 0.798.